The Morgan fingerprint density at radius 3 is 2.39 bits per heavy atom. The Labute approximate surface area is 118 Å². The molecule has 0 saturated carbocycles. The molecule has 1 rings (SSSR count). The van der Waals surface area contributed by atoms with Crippen LogP contribution in [0.3, 0.4) is 0 Å². The van der Waals surface area contributed by atoms with Crippen LogP contribution in [0.4, 0.5) is 0 Å². The topological polar surface area (TPSA) is 46.2 Å². The van der Waals surface area contributed by atoms with Crippen LogP contribution in [0.2, 0.25) is 0 Å². The van der Waals surface area contributed by atoms with Gasteiger partial charge in [0.15, 0.2) is 0 Å². The van der Waals surface area contributed by atoms with Crippen molar-refractivity contribution in [2.24, 2.45) is 0 Å². The second-order valence-electron chi connectivity index (χ2n) is 4.57. The third kappa shape index (κ3) is 6.52. The average molecular weight is 334 g/mol. The minimum atomic E-state index is -2.95. The highest BCUT2D eigenvalue weighted by Gasteiger charge is 2.15. The minimum Gasteiger partial charge on any atom is -0.313 e. The number of rotatable bonds is 7. The Bertz CT molecular complexity index is 456. The third-order valence-corrected chi connectivity index (χ3v) is 4.12. The van der Waals surface area contributed by atoms with Crippen molar-refractivity contribution in [3.8, 4) is 0 Å². The summed E-state index contributed by atoms with van der Waals surface area (Å²) in [5.74, 6) is 0.184. The number of nitrogens with one attached hydrogen (secondary N) is 1. The first-order valence-electron chi connectivity index (χ1n) is 6.06. The van der Waals surface area contributed by atoms with E-state index in [-0.39, 0.29) is 11.8 Å². The Morgan fingerprint density at radius 1 is 1.28 bits per heavy atom. The molecule has 1 aromatic carbocycles. The molecule has 18 heavy (non-hydrogen) atoms. The van der Waals surface area contributed by atoms with E-state index in [2.05, 4.69) is 28.2 Å². The van der Waals surface area contributed by atoms with Crippen LogP contribution < -0.4 is 5.32 Å². The smallest absolute Gasteiger partial charge is 0.148 e. The van der Waals surface area contributed by atoms with Gasteiger partial charge in [-0.05, 0) is 37.1 Å². The van der Waals surface area contributed by atoms with Crippen LogP contribution in [-0.2, 0) is 16.3 Å². The normalized spacial score (nSPS) is 13.5. The lowest BCUT2D eigenvalue weighted by atomic mass is 10.1. The predicted octanol–water partition coefficient (Wildman–Crippen LogP) is 2.40. The fraction of sp³-hybridized carbons (Fsp3) is 0.538. The monoisotopic (exact) mass is 333 g/mol. The van der Waals surface area contributed by atoms with Crippen LogP contribution in [-0.4, -0.2) is 33.0 Å². The molecule has 102 valence electrons. The van der Waals surface area contributed by atoms with Crippen molar-refractivity contribution >= 4 is 25.8 Å². The van der Waals surface area contributed by atoms with Gasteiger partial charge in [-0.2, -0.15) is 0 Å². The molecule has 0 amide bonds. The van der Waals surface area contributed by atoms with Crippen molar-refractivity contribution in [2.45, 2.75) is 25.8 Å². The van der Waals surface area contributed by atoms with E-state index in [4.69, 9.17) is 0 Å². The fourth-order valence-corrected chi connectivity index (χ4v) is 3.04. The molecule has 1 atom stereocenters. The lowest BCUT2D eigenvalue weighted by molar-refractivity contribution is 0.530. The van der Waals surface area contributed by atoms with E-state index in [9.17, 15) is 8.42 Å². The number of benzene rings is 1. The van der Waals surface area contributed by atoms with Crippen molar-refractivity contribution in [1.29, 1.82) is 0 Å². The van der Waals surface area contributed by atoms with Gasteiger partial charge >= 0.3 is 0 Å². The molecular formula is C13H20BrNO2S. The van der Waals surface area contributed by atoms with Gasteiger partial charge in [0.25, 0.3) is 0 Å². The molecule has 0 bridgehead atoms. The van der Waals surface area contributed by atoms with E-state index in [0.29, 0.717) is 0 Å². The number of hydrogen-bond donors (Lipinski definition) is 1. The molecule has 0 aliphatic rings. The van der Waals surface area contributed by atoms with Gasteiger partial charge in [0.05, 0.1) is 5.75 Å². The number of hydrogen-bond acceptors (Lipinski definition) is 3. The quantitative estimate of drug-likeness (QED) is 0.833. The molecule has 0 radical (unpaired) electrons. The van der Waals surface area contributed by atoms with Gasteiger partial charge < -0.3 is 5.32 Å². The van der Waals surface area contributed by atoms with E-state index in [1.54, 1.807) is 0 Å². The second-order valence-corrected chi connectivity index (χ2v) is 7.67. The first-order valence-corrected chi connectivity index (χ1v) is 8.91. The summed E-state index contributed by atoms with van der Waals surface area (Å²) in [5.41, 5.74) is 1.15. The van der Waals surface area contributed by atoms with E-state index < -0.39 is 9.84 Å². The largest absolute Gasteiger partial charge is 0.313 e. The fourth-order valence-electron chi connectivity index (χ4n) is 1.81. The Hall–Kier alpha value is -0.390. The summed E-state index contributed by atoms with van der Waals surface area (Å²) in [6.45, 7) is 2.92. The Kier molecular flexibility index (Phi) is 6.32. The summed E-state index contributed by atoms with van der Waals surface area (Å²) in [5, 5.41) is 3.30. The van der Waals surface area contributed by atoms with E-state index in [0.717, 1.165) is 29.4 Å². The molecule has 0 spiro atoms. The van der Waals surface area contributed by atoms with Crippen LogP contribution in [0.15, 0.2) is 28.7 Å². The lowest BCUT2D eigenvalue weighted by Crippen LogP contribution is -2.37. The average Bonchev–Trinajstić information content (AvgIpc) is 2.27. The van der Waals surface area contributed by atoms with Crippen LogP contribution in [0.5, 0.6) is 0 Å². The summed E-state index contributed by atoms with van der Waals surface area (Å²) in [4.78, 5) is 0. The highest BCUT2D eigenvalue weighted by molar-refractivity contribution is 9.10. The molecule has 1 aromatic rings. The molecule has 0 aliphatic heterocycles. The highest BCUT2D eigenvalue weighted by Crippen LogP contribution is 2.12. The first kappa shape index (κ1) is 15.7. The lowest BCUT2D eigenvalue weighted by Gasteiger charge is -2.17. The Balaban J connectivity index is 2.68. The van der Waals surface area contributed by atoms with Crippen molar-refractivity contribution < 1.29 is 8.42 Å². The molecule has 0 aliphatic carbocycles. The van der Waals surface area contributed by atoms with Gasteiger partial charge in [0.1, 0.15) is 9.84 Å². The molecule has 0 heterocycles. The van der Waals surface area contributed by atoms with Crippen molar-refractivity contribution in [2.75, 3.05) is 18.6 Å². The van der Waals surface area contributed by atoms with Gasteiger partial charge in [-0.3, -0.25) is 0 Å². The highest BCUT2D eigenvalue weighted by atomic mass is 79.9. The maximum absolute atomic E-state index is 11.4. The zero-order chi connectivity index (χ0) is 13.6. The van der Waals surface area contributed by atoms with Crippen molar-refractivity contribution in [1.82, 2.24) is 5.32 Å². The molecule has 5 heteroatoms. The number of sulfone groups is 1. The summed E-state index contributed by atoms with van der Waals surface area (Å²) in [7, 11) is -2.95. The van der Waals surface area contributed by atoms with E-state index >= 15 is 0 Å². The van der Waals surface area contributed by atoms with Crippen LogP contribution >= 0.6 is 15.9 Å². The van der Waals surface area contributed by atoms with Gasteiger partial charge in [-0.1, -0.05) is 35.0 Å². The molecule has 0 fully saturated rings. The molecule has 1 N–H and O–H groups in total. The van der Waals surface area contributed by atoms with E-state index in [1.807, 2.05) is 24.3 Å². The summed E-state index contributed by atoms with van der Waals surface area (Å²) < 4.78 is 23.8. The molecular weight excluding hydrogens is 314 g/mol. The van der Waals surface area contributed by atoms with Gasteiger partial charge in [0.2, 0.25) is 0 Å². The SMILES string of the molecule is CCCNC(Cc1ccc(Br)cc1)CS(C)(=O)=O. The zero-order valence-corrected chi connectivity index (χ0v) is 13.2. The maximum Gasteiger partial charge on any atom is 0.148 e. The molecule has 1 unspecified atom stereocenters. The van der Waals surface area contributed by atoms with Crippen molar-refractivity contribution in [3.63, 3.8) is 0 Å². The standard InChI is InChI=1S/C13H20BrNO2S/c1-3-8-15-13(10-18(2,16)17)9-11-4-6-12(14)7-5-11/h4-7,13,15H,3,8-10H2,1-2H3. The molecule has 3 nitrogen and oxygen atoms in total. The van der Waals surface area contributed by atoms with E-state index in [1.165, 1.54) is 6.26 Å². The summed E-state index contributed by atoms with van der Waals surface area (Å²) >= 11 is 3.39. The van der Waals surface area contributed by atoms with Crippen molar-refractivity contribution in [3.05, 3.63) is 34.3 Å². The second kappa shape index (κ2) is 7.26. The summed E-state index contributed by atoms with van der Waals surface area (Å²) in [6, 6.07) is 7.99. The van der Waals surface area contributed by atoms with Gasteiger partial charge in [-0.15, -0.1) is 0 Å². The zero-order valence-electron chi connectivity index (χ0n) is 10.8. The maximum atomic E-state index is 11.4. The van der Waals surface area contributed by atoms with Gasteiger partial charge in [0, 0.05) is 16.8 Å². The Morgan fingerprint density at radius 2 is 1.89 bits per heavy atom. The molecule has 0 aromatic heterocycles. The van der Waals surface area contributed by atoms with Crippen LogP contribution in [0.1, 0.15) is 18.9 Å². The van der Waals surface area contributed by atoms with Crippen LogP contribution in [0.25, 0.3) is 0 Å². The predicted molar refractivity (Wildman–Crippen MR) is 79.6 cm³/mol. The van der Waals surface area contributed by atoms with Gasteiger partial charge in [-0.25, -0.2) is 8.42 Å². The van der Waals surface area contributed by atoms with Crippen LogP contribution in [0, 0.1) is 0 Å². The minimum absolute atomic E-state index is 0.0128. The molecule has 0 saturated heterocycles. The number of halogens is 1. The summed E-state index contributed by atoms with van der Waals surface area (Å²) in [6.07, 6.45) is 3.02. The third-order valence-electron chi connectivity index (χ3n) is 2.58. The first-order chi connectivity index (χ1) is 8.40.